The lowest BCUT2D eigenvalue weighted by Gasteiger charge is -2.30. The molecule has 2 heterocycles. The molecule has 3 rings (SSSR count). The third kappa shape index (κ3) is 4.92. The molecule has 25 heavy (non-hydrogen) atoms. The van der Waals surface area contributed by atoms with Crippen LogP contribution in [0, 0.1) is 0 Å². The summed E-state index contributed by atoms with van der Waals surface area (Å²) in [6.45, 7) is 1.34. The number of hydrogen-bond acceptors (Lipinski definition) is 3. The average Bonchev–Trinajstić information content (AvgIpc) is 2.89. The molecule has 1 aromatic heterocycles. The molecule has 0 aliphatic carbocycles. The zero-order valence-corrected chi connectivity index (χ0v) is 15.0. The monoisotopic (exact) mass is 358 g/mol. The van der Waals surface area contributed by atoms with E-state index in [1.807, 2.05) is 29.2 Å². The van der Waals surface area contributed by atoms with E-state index in [1.54, 1.807) is 18.6 Å². The van der Waals surface area contributed by atoms with Crippen molar-refractivity contribution < 1.29 is 4.79 Å². The molecule has 0 saturated carbocycles. The first-order chi connectivity index (χ1) is 12.2. The van der Waals surface area contributed by atoms with Gasteiger partial charge >= 0.3 is 6.03 Å². The van der Waals surface area contributed by atoms with Crippen molar-refractivity contribution in [2.45, 2.75) is 38.1 Å². The molecular formula is C19H23ClN4O. The second-order valence-corrected chi connectivity index (χ2v) is 6.73. The van der Waals surface area contributed by atoms with Gasteiger partial charge in [0.05, 0.1) is 11.7 Å². The van der Waals surface area contributed by atoms with Crippen LogP contribution < -0.4 is 5.32 Å². The maximum absolute atomic E-state index is 12.7. The topological polar surface area (TPSA) is 58.1 Å². The van der Waals surface area contributed by atoms with Crippen molar-refractivity contribution in [2.24, 2.45) is 0 Å². The van der Waals surface area contributed by atoms with Crippen molar-refractivity contribution in [3.05, 3.63) is 59.1 Å². The standard InChI is InChI=1S/C19H23ClN4O/c20-16-7-5-15(6-8-16)18-4-2-1-3-13-24(18)19(25)23-10-9-17-14-21-11-12-22-17/h5-8,11-12,14,18H,1-4,9-10,13H2,(H,23,25). The Kier molecular flexibility index (Phi) is 6.23. The predicted octanol–water partition coefficient (Wildman–Crippen LogP) is 4.00. The van der Waals surface area contributed by atoms with Crippen LogP contribution in [0.15, 0.2) is 42.9 Å². The molecule has 6 heteroatoms. The Morgan fingerprint density at radius 2 is 2.04 bits per heavy atom. The van der Waals surface area contributed by atoms with Gasteiger partial charge in [-0.25, -0.2) is 4.79 Å². The molecule has 0 radical (unpaired) electrons. The van der Waals surface area contributed by atoms with Crippen LogP contribution in [0.3, 0.4) is 0 Å². The number of likely N-dealkylation sites (tertiary alicyclic amines) is 1. The van der Waals surface area contributed by atoms with Crippen LogP contribution >= 0.6 is 11.6 Å². The van der Waals surface area contributed by atoms with Gasteiger partial charge < -0.3 is 10.2 Å². The van der Waals surface area contributed by atoms with E-state index in [4.69, 9.17) is 11.6 Å². The molecule has 0 bridgehead atoms. The normalized spacial score (nSPS) is 17.8. The summed E-state index contributed by atoms with van der Waals surface area (Å²) in [5, 5.41) is 3.75. The Hall–Kier alpha value is -2.14. The highest BCUT2D eigenvalue weighted by molar-refractivity contribution is 6.30. The second kappa shape index (κ2) is 8.81. The Balaban J connectivity index is 1.63. The van der Waals surface area contributed by atoms with Crippen LogP contribution in [0.1, 0.15) is 43.0 Å². The van der Waals surface area contributed by atoms with Crippen LogP contribution in [-0.4, -0.2) is 34.0 Å². The second-order valence-electron chi connectivity index (χ2n) is 6.29. The SMILES string of the molecule is O=C(NCCc1cnccn1)N1CCCCCC1c1ccc(Cl)cc1. The molecular weight excluding hydrogens is 336 g/mol. The minimum Gasteiger partial charge on any atom is -0.338 e. The highest BCUT2D eigenvalue weighted by Crippen LogP contribution is 2.30. The molecule has 1 fully saturated rings. The van der Waals surface area contributed by atoms with Crippen molar-refractivity contribution in [3.8, 4) is 0 Å². The maximum atomic E-state index is 12.7. The summed E-state index contributed by atoms with van der Waals surface area (Å²) >= 11 is 6.00. The summed E-state index contributed by atoms with van der Waals surface area (Å²) in [6.07, 6.45) is 10.1. The Morgan fingerprint density at radius 1 is 1.20 bits per heavy atom. The summed E-state index contributed by atoms with van der Waals surface area (Å²) in [6, 6.07) is 7.94. The Labute approximate surface area is 153 Å². The summed E-state index contributed by atoms with van der Waals surface area (Å²) in [4.78, 5) is 23.0. The van der Waals surface area contributed by atoms with Gasteiger partial charge in [-0.2, -0.15) is 0 Å². The minimum absolute atomic E-state index is 0.00857. The molecule has 1 aliphatic heterocycles. The van der Waals surface area contributed by atoms with E-state index in [2.05, 4.69) is 15.3 Å². The van der Waals surface area contributed by atoms with E-state index in [0.29, 0.717) is 13.0 Å². The van der Waals surface area contributed by atoms with Gasteiger partial charge in [0, 0.05) is 43.1 Å². The molecule has 5 nitrogen and oxygen atoms in total. The lowest BCUT2D eigenvalue weighted by Crippen LogP contribution is -2.42. The summed E-state index contributed by atoms with van der Waals surface area (Å²) in [5.41, 5.74) is 2.03. The largest absolute Gasteiger partial charge is 0.338 e. The molecule has 1 N–H and O–H groups in total. The molecule has 1 saturated heterocycles. The number of carbonyl (C=O) groups excluding carboxylic acids is 1. The number of carbonyl (C=O) groups is 1. The number of aromatic nitrogens is 2. The average molecular weight is 359 g/mol. The molecule has 2 aromatic rings. The molecule has 1 atom stereocenters. The number of halogens is 1. The van der Waals surface area contributed by atoms with Crippen LogP contribution in [0.5, 0.6) is 0 Å². The first-order valence-corrected chi connectivity index (χ1v) is 9.16. The third-order valence-corrected chi connectivity index (χ3v) is 4.79. The Morgan fingerprint density at radius 3 is 2.80 bits per heavy atom. The van der Waals surface area contributed by atoms with Crippen LogP contribution in [0.25, 0.3) is 0 Å². The van der Waals surface area contributed by atoms with E-state index in [-0.39, 0.29) is 12.1 Å². The highest BCUT2D eigenvalue weighted by atomic mass is 35.5. The molecule has 0 spiro atoms. The third-order valence-electron chi connectivity index (χ3n) is 4.54. The smallest absolute Gasteiger partial charge is 0.317 e. The van der Waals surface area contributed by atoms with E-state index in [0.717, 1.165) is 48.5 Å². The van der Waals surface area contributed by atoms with Crippen molar-refractivity contribution >= 4 is 17.6 Å². The summed E-state index contributed by atoms with van der Waals surface area (Å²) < 4.78 is 0. The van der Waals surface area contributed by atoms with Gasteiger partial charge in [-0.05, 0) is 30.5 Å². The maximum Gasteiger partial charge on any atom is 0.317 e. The number of rotatable bonds is 4. The summed E-state index contributed by atoms with van der Waals surface area (Å²) in [7, 11) is 0. The number of benzene rings is 1. The van der Waals surface area contributed by atoms with E-state index < -0.39 is 0 Å². The fraction of sp³-hybridized carbons (Fsp3) is 0.421. The molecule has 1 aromatic carbocycles. The van der Waals surface area contributed by atoms with Crippen molar-refractivity contribution in [2.75, 3.05) is 13.1 Å². The van der Waals surface area contributed by atoms with Crippen molar-refractivity contribution in [1.82, 2.24) is 20.2 Å². The molecule has 2 amide bonds. The van der Waals surface area contributed by atoms with Crippen molar-refractivity contribution in [1.29, 1.82) is 0 Å². The van der Waals surface area contributed by atoms with Crippen LogP contribution in [0.2, 0.25) is 5.02 Å². The predicted molar refractivity (Wildman–Crippen MR) is 98.5 cm³/mol. The quantitative estimate of drug-likeness (QED) is 0.898. The van der Waals surface area contributed by atoms with Crippen LogP contribution in [-0.2, 0) is 6.42 Å². The van der Waals surface area contributed by atoms with E-state index >= 15 is 0 Å². The van der Waals surface area contributed by atoms with E-state index in [9.17, 15) is 4.79 Å². The van der Waals surface area contributed by atoms with Gasteiger partial charge in [0.25, 0.3) is 0 Å². The lowest BCUT2D eigenvalue weighted by molar-refractivity contribution is 0.176. The van der Waals surface area contributed by atoms with Crippen molar-refractivity contribution in [3.63, 3.8) is 0 Å². The van der Waals surface area contributed by atoms with Gasteiger partial charge in [0.15, 0.2) is 0 Å². The van der Waals surface area contributed by atoms with Crippen LogP contribution in [0.4, 0.5) is 4.79 Å². The number of nitrogens with one attached hydrogen (secondary N) is 1. The zero-order chi connectivity index (χ0) is 17.5. The fourth-order valence-electron chi connectivity index (χ4n) is 3.24. The van der Waals surface area contributed by atoms with Gasteiger partial charge in [-0.15, -0.1) is 0 Å². The molecule has 1 aliphatic rings. The number of nitrogens with zero attached hydrogens (tertiary/aromatic N) is 3. The van der Waals surface area contributed by atoms with E-state index in [1.165, 1.54) is 0 Å². The molecule has 132 valence electrons. The molecule has 1 unspecified atom stereocenters. The fourth-order valence-corrected chi connectivity index (χ4v) is 3.37. The number of hydrogen-bond donors (Lipinski definition) is 1. The Bertz CT molecular complexity index is 678. The van der Waals surface area contributed by atoms with Gasteiger partial charge in [0.1, 0.15) is 0 Å². The number of urea groups is 1. The first kappa shape index (κ1) is 17.7. The first-order valence-electron chi connectivity index (χ1n) is 8.79. The number of amides is 2. The summed E-state index contributed by atoms with van der Waals surface area (Å²) in [5.74, 6) is 0. The minimum atomic E-state index is -0.00857. The lowest BCUT2D eigenvalue weighted by atomic mass is 10.0. The highest BCUT2D eigenvalue weighted by Gasteiger charge is 2.26. The zero-order valence-electron chi connectivity index (χ0n) is 14.2. The van der Waals surface area contributed by atoms with Gasteiger partial charge in [-0.3, -0.25) is 9.97 Å². The van der Waals surface area contributed by atoms with Gasteiger partial charge in [0.2, 0.25) is 0 Å². The van der Waals surface area contributed by atoms with Gasteiger partial charge in [-0.1, -0.05) is 36.6 Å².